The van der Waals surface area contributed by atoms with Gasteiger partial charge in [-0.25, -0.2) is 9.78 Å². The van der Waals surface area contributed by atoms with Crippen LogP contribution in [0.3, 0.4) is 0 Å². The van der Waals surface area contributed by atoms with Crippen molar-refractivity contribution >= 4 is 51.4 Å². The first kappa shape index (κ1) is 22.8. The molecule has 0 saturated carbocycles. The molecule has 2 heterocycles. The normalized spacial score (nSPS) is 10.4. The van der Waals surface area contributed by atoms with E-state index in [1.807, 2.05) is 39.8 Å². The molecular weight excluding hydrogens is 408 g/mol. The number of thiocarbonyl (C=S) groups is 1. The molecule has 0 aliphatic rings. The molecule has 29 heavy (non-hydrogen) atoms. The molecule has 2 N–H and O–H groups in total. The topological polar surface area (TPSA) is 83.6 Å². The number of rotatable bonds is 6. The Morgan fingerprint density at radius 1 is 1.17 bits per heavy atom. The average Bonchev–Trinajstić information content (AvgIpc) is 2.96. The van der Waals surface area contributed by atoms with Crippen molar-refractivity contribution < 1.29 is 14.3 Å². The number of carbonyl (C=O) groups excluding carboxylic acids is 2. The van der Waals surface area contributed by atoms with E-state index in [1.165, 1.54) is 18.4 Å². The first-order chi connectivity index (χ1) is 13.7. The summed E-state index contributed by atoms with van der Waals surface area (Å²) in [5, 5.41) is 6.80. The van der Waals surface area contributed by atoms with E-state index in [0.29, 0.717) is 39.9 Å². The number of carbonyl (C=O) groups is 2. The van der Waals surface area contributed by atoms with Gasteiger partial charge in [-0.1, -0.05) is 0 Å². The van der Waals surface area contributed by atoms with Gasteiger partial charge in [-0.2, -0.15) is 0 Å². The molecule has 0 fully saturated rings. The van der Waals surface area contributed by atoms with Gasteiger partial charge in [-0.3, -0.25) is 4.79 Å². The van der Waals surface area contributed by atoms with Gasteiger partial charge in [0.15, 0.2) is 5.11 Å². The van der Waals surface area contributed by atoms with Crippen LogP contribution in [-0.4, -0.2) is 47.1 Å². The minimum absolute atomic E-state index is 0.120. The number of ether oxygens (including phenoxy) is 1. The first-order valence-electron chi connectivity index (χ1n) is 9.26. The summed E-state index contributed by atoms with van der Waals surface area (Å²) in [5.74, 6) is -0.0370. The molecule has 0 atom stereocenters. The number of anilines is 2. The number of aryl methyl sites for hydroxylation is 2. The number of thiophene rings is 1. The highest BCUT2D eigenvalue weighted by Crippen LogP contribution is 2.34. The lowest BCUT2D eigenvalue weighted by Gasteiger charge is -2.17. The van der Waals surface area contributed by atoms with Crippen molar-refractivity contribution in [1.29, 1.82) is 0 Å². The zero-order valence-corrected chi connectivity index (χ0v) is 19.1. The van der Waals surface area contributed by atoms with Gasteiger partial charge in [0.2, 0.25) is 0 Å². The van der Waals surface area contributed by atoms with Crippen molar-refractivity contribution in [3.63, 3.8) is 0 Å². The van der Waals surface area contributed by atoms with Gasteiger partial charge in [0, 0.05) is 18.8 Å². The van der Waals surface area contributed by atoms with Gasteiger partial charge in [-0.05, 0) is 70.1 Å². The fourth-order valence-electron chi connectivity index (χ4n) is 2.96. The van der Waals surface area contributed by atoms with Crippen LogP contribution < -0.4 is 10.6 Å². The quantitative estimate of drug-likeness (QED) is 0.522. The number of hydrogen-bond acceptors (Lipinski definition) is 6. The maximum absolute atomic E-state index is 12.9. The number of methoxy groups -OCH3 is 1. The smallest absolute Gasteiger partial charge is 0.341 e. The standard InChI is InChI=1S/C20H26N4O3S2/c1-7-24(8-2)18(25)16-13(5)15(19(26)27-6)17(29-16)23-20(28)22-14-10-11(3)9-12(4)21-14/h9-10H,7-8H2,1-6H3,(H2,21,22,23,28). The molecule has 2 rings (SSSR count). The van der Waals surface area contributed by atoms with Crippen molar-refractivity contribution in [2.75, 3.05) is 30.8 Å². The molecule has 0 aromatic carbocycles. The summed E-state index contributed by atoms with van der Waals surface area (Å²) in [6.45, 7) is 10.6. The van der Waals surface area contributed by atoms with Gasteiger partial charge in [-0.15, -0.1) is 11.3 Å². The molecule has 1 amide bonds. The molecule has 0 saturated heterocycles. The summed E-state index contributed by atoms with van der Waals surface area (Å²) in [6, 6.07) is 3.84. The van der Waals surface area contributed by atoms with Crippen molar-refractivity contribution in [3.05, 3.63) is 39.4 Å². The third kappa shape index (κ3) is 5.30. The Kier molecular flexibility index (Phi) is 7.69. The molecule has 2 aromatic heterocycles. The molecular formula is C20H26N4O3S2. The number of aromatic nitrogens is 1. The number of amides is 1. The van der Waals surface area contributed by atoms with Gasteiger partial charge in [0.25, 0.3) is 5.91 Å². The van der Waals surface area contributed by atoms with Crippen LogP contribution in [0.25, 0.3) is 0 Å². The number of hydrogen-bond donors (Lipinski definition) is 2. The molecule has 0 aliphatic heterocycles. The maximum atomic E-state index is 12.9. The minimum atomic E-state index is -0.521. The number of esters is 1. The van der Waals surface area contributed by atoms with Gasteiger partial charge >= 0.3 is 5.97 Å². The monoisotopic (exact) mass is 434 g/mol. The van der Waals surface area contributed by atoms with Crippen LogP contribution in [0.4, 0.5) is 10.8 Å². The van der Waals surface area contributed by atoms with E-state index in [2.05, 4.69) is 15.6 Å². The summed E-state index contributed by atoms with van der Waals surface area (Å²) in [5.41, 5.74) is 2.81. The Hall–Kier alpha value is -2.52. The Morgan fingerprint density at radius 3 is 2.38 bits per heavy atom. The second-order valence-corrected chi connectivity index (χ2v) is 7.91. The van der Waals surface area contributed by atoms with Crippen molar-refractivity contribution in [1.82, 2.24) is 9.88 Å². The second kappa shape index (κ2) is 9.80. The van der Waals surface area contributed by atoms with E-state index in [9.17, 15) is 9.59 Å². The van der Waals surface area contributed by atoms with Crippen molar-refractivity contribution in [2.24, 2.45) is 0 Å². The summed E-state index contributed by atoms with van der Waals surface area (Å²) < 4.78 is 4.92. The van der Waals surface area contributed by atoms with Gasteiger partial charge in [0.05, 0.1) is 17.6 Å². The lowest BCUT2D eigenvalue weighted by molar-refractivity contribution is 0.0601. The van der Waals surface area contributed by atoms with Gasteiger partial charge in [0.1, 0.15) is 10.8 Å². The van der Waals surface area contributed by atoms with Gasteiger partial charge < -0.3 is 20.3 Å². The molecule has 0 aliphatic carbocycles. The van der Waals surface area contributed by atoms with Crippen LogP contribution in [0.2, 0.25) is 0 Å². The highest BCUT2D eigenvalue weighted by molar-refractivity contribution is 7.80. The highest BCUT2D eigenvalue weighted by Gasteiger charge is 2.27. The minimum Gasteiger partial charge on any atom is -0.465 e. The van der Waals surface area contributed by atoms with Crippen molar-refractivity contribution in [2.45, 2.75) is 34.6 Å². The summed E-state index contributed by atoms with van der Waals surface area (Å²) in [7, 11) is 1.31. The van der Waals surface area contributed by atoms with Crippen LogP contribution in [0.1, 0.15) is 50.7 Å². The Morgan fingerprint density at radius 2 is 1.83 bits per heavy atom. The maximum Gasteiger partial charge on any atom is 0.341 e. The molecule has 0 unspecified atom stereocenters. The molecule has 0 spiro atoms. The van der Waals surface area contributed by atoms with Crippen molar-refractivity contribution in [3.8, 4) is 0 Å². The number of nitrogens with one attached hydrogen (secondary N) is 2. The third-order valence-electron chi connectivity index (χ3n) is 4.35. The first-order valence-corrected chi connectivity index (χ1v) is 10.5. The number of pyridine rings is 1. The second-order valence-electron chi connectivity index (χ2n) is 6.48. The summed E-state index contributed by atoms with van der Waals surface area (Å²) in [4.78, 5) is 31.8. The molecule has 7 nitrogen and oxygen atoms in total. The zero-order valence-electron chi connectivity index (χ0n) is 17.5. The van der Waals surface area contributed by atoms with E-state index < -0.39 is 5.97 Å². The Labute approximate surface area is 180 Å². The predicted molar refractivity (Wildman–Crippen MR) is 121 cm³/mol. The van der Waals surface area contributed by atoms with E-state index in [0.717, 1.165) is 11.3 Å². The largest absolute Gasteiger partial charge is 0.465 e. The molecule has 9 heteroatoms. The molecule has 2 aromatic rings. The lowest BCUT2D eigenvalue weighted by Crippen LogP contribution is -2.30. The number of nitrogens with zero attached hydrogens (tertiary/aromatic N) is 2. The fourth-order valence-corrected chi connectivity index (χ4v) is 4.40. The third-order valence-corrected chi connectivity index (χ3v) is 5.75. The Balaban J connectivity index is 2.35. The SMILES string of the molecule is CCN(CC)C(=O)c1sc(NC(=S)Nc2cc(C)cc(C)n2)c(C(=O)OC)c1C. The molecule has 156 valence electrons. The predicted octanol–water partition coefficient (Wildman–Crippen LogP) is 4.15. The lowest BCUT2D eigenvalue weighted by atomic mass is 10.1. The fraction of sp³-hybridized carbons (Fsp3) is 0.400. The summed E-state index contributed by atoms with van der Waals surface area (Å²) >= 11 is 6.59. The molecule has 0 bridgehead atoms. The van der Waals surface area contributed by atoms with Crippen LogP contribution in [0.15, 0.2) is 12.1 Å². The molecule has 0 radical (unpaired) electrons. The van der Waals surface area contributed by atoms with E-state index in [4.69, 9.17) is 17.0 Å². The van der Waals surface area contributed by atoms with E-state index in [1.54, 1.807) is 11.8 Å². The van der Waals surface area contributed by atoms with E-state index >= 15 is 0 Å². The summed E-state index contributed by atoms with van der Waals surface area (Å²) in [6.07, 6.45) is 0. The van der Waals surface area contributed by atoms with E-state index in [-0.39, 0.29) is 11.0 Å². The Bertz CT molecular complexity index is 916. The van der Waals surface area contributed by atoms with Crippen LogP contribution in [0, 0.1) is 20.8 Å². The van der Waals surface area contributed by atoms with Crippen LogP contribution in [-0.2, 0) is 4.74 Å². The van der Waals surface area contributed by atoms with Crippen LogP contribution in [0.5, 0.6) is 0 Å². The average molecular weight is 435 g/mol. The zero-order chi connectivity index (χ0) is 21.7. The van der Waals surface area contributed by atoms with Crippen LogP contribution >= 0.6 is 23.6 Å². The highest BCUT2D eigenvalue weighted by atomic mass is 32.1.